The molecule has 1 atom stereocenters. The van der Waals surface area contributed by atoms with E-state index in [1.807, 2.05) is 0 Å². The van der Waals surface area contributed by atoms with Crippen molar-refractivity contribution < 1.29 is 14.7 Å². The summed E-state index contributed by atoms with van der Waals surface area (Å²) in [6, 6.07) is 8.49. The lowest BCUT2D eigenvalue weighted by atomic mass is 10.2. The molecule has 2 fully saturated rings. The summed E-state index contributed by atoms with van der Waals surface area (Å²) in [4.78, 5) is 29.0. The lowest BCUT2D eigenvalue weighted by molar-refractivity contribution is -0.140. The summed E-state index contributed by atoms with van der Waals surface area (Å²) in [6.45, 7) is 6.28. The molecule has 2 amide bonds. The Hall–Kier alpha value is -1.34. The number of benzene rings is 1. The van der Waals surface area contributed by atoms with Crippen LogP contribution in [-0.4, -0.2) is 72.1 Å². The maximum absolute atomic E-state index is 11.6. The van der Waals surface area contributed by atoms with E-state index in [-0.39, 0.29) is 56.0 Å². The van der Waals surface area contributed by atoms with E-state index in [2.05, 4.69) is 41.0 Å². The molecule has 0 bridgehead atoms. The van der Waals surface area contributed by atoms with E-state index in [0.717, 1.165) is 26.2 Å². The van der Waals surface area contributed by atoms with Gasteiger partial charge in [-0.15, -0.1) is 24.8 Å². The molecule has 2 aliphatic rings. The largest absolute Gasteiger partial charge is 0.390 e. The molecule has 1 aromatic rings. The highest BCUT2D eigenvalue weighted by atomic mass is 35.5. The molecular weight excluding hydrogens is 377 g/mol. The van der Waals surface area contributed by atoms with Crippen molar-refractivity contribution in [1.29, 1.82) is 0 Å². The number of aliphatic hydroxyl groups is 1. The third-order valence-corrected chi connectivity index (χ3v) is 4.76. The number of amides is 2. The molecule has 1 unspecified atom stereocenters. The average molecular weight is 404 g/mol. The van der Waals surface area contributed by atoms with Crippen molar-refractivity contribution in [3.05, 3.63) is 29.8 Å². The maximum atomic E-state index is 11.6. The minimum Gasteiger partial charge on any atom is -0.390 e. The Bertz CT molecular complexity index is 605. The number of imide groups is 1. The van der Waals surface area contributed by atoms with Gasteiger partial charge in [0, 0.05) is 51.3 Å². The molecule has 0 spiro atoms. The van der Waals surface area contributed by atoms with Gasteiger partial charge < -0.3 is 10.0 Å². The van der Waals surface area contributed by atoms with Crippen molar-refractivity contribution in [2.45, 2.75) is 25.9 Å². The standard InChI is InChI=1S/C18H25N3O3.2ClH/c1-14-3-2-4-15(11-14)20-9-7-19(8-10-20)12-16(22)13-21-17(23)5-6-18(21)24;;/h2-4,11,16,22H,5-10,12-13H2,1H3;2*1H. The molecule has 0 radical (unpaired) electrons. The van der Waals surface area contributed by atoms with Gasteiger partial charge in [0.15, 0.2) is 0 Å². The number of carbonyl (C=O) groups excluding carboxylic acids is 2. The van der Waals surface area contributed by atoms with Gasteiger partial charge in [-0.25, -0.2) is 0 Å². The van der Waals surface area contributed by atoms with Gasteiger partial charge in [-0.2, -0.15) is 0 Å². The third-order valence-electron chi connectivity index (χ3n) is 4.76. The van der Waals surface area contributed by atoms with Crippen LogP contribution < -0.4 is 4.90 Å². The SMILES string of the molecule is Cc1cccc(N2CCN(CC(O)CN3C(=O)CCC3=O)CC2)c1.Cl.Cl. The van der Waals surface area contributed by atoms with Gasteiger partial charge in [-0.05, 0) is 24.6 Å². The number of likely N-dealkylation sites (tertiary alicyclic amines) is 1. The minimum absolute atomic E-state index is 0. The molecule has 1 N–H and O–H groups in total. The molecule has 0 aliphatic carbocycles. The number of aliphatic hydroxyl groups excluding tert-OH is 1. The monoisotopic (exact) mass is 403 g/mol. The smallest absolute Gasteiger partial charge is 0.229 e. The first-order valence-corrected chi connectivity index (χ1v) is 8.58. The minimum atomic E-state index is -0.679. The summed E-state index contributed by atoms with van der Waals surface area (Å²) in [5.41, 5.74) is 2.49. The van der Waals surface area contributed by atoms with Crippen LogP contribution in [0.5, 0.6) is 0 Å². The third kappa shape index (κ3) is 5.58. The molecule has 1 aromatic carbocycles. The number of hydrogen-bond donors (Lipinski definition) is 1. The number of β-amino-alcohol motifs (C(OH)–C–C–N with tert-alkyl or cyclic N) is 1. The van der Waals surface area contributed by atoms with Gasteiger partial charge in [0.1, 0.15) is 0 Å². The van der Waals surface area contributed by atoms with E-state index in [0.29, 0.717) is 6.54 Å². The van der Waals surface area contributed by atoms with Gasteiger partial charge in [-0.3, -0.25) is 19.4 Å². The first kappa shape index (κ1) is 22.7. The molecule has 2 heterocycles. The van der Waals surface area contributed by atoms with Gasteiger partial charge in [0.25, 0.3) is 0 Å². The lowest BCUT2D eigenvalue weighted by Gasteiger charge is -2.37. The van der Waals surface area contributed by atoms with Crippen LogP contribution in [-0.2, 0) is 9.59 Å². The number of hydrogen-bond acceptors (Lipinski definition) is 5. The van der Waals surface area contributed by atoms with Crippen molar-refractivity contribution in [3.63, 3.8) is 0 Å². The van der Waals surface area contributed by atoms with Crippen LogP contribution in [0.4, 0.5) is 5.69 Å². The van der Waals surface area contributed by atoms with Crippen LogP contribution in [0.15, 0.2) is 24.3 Å². The van der Waals surface area contributed by atoms with Gasteiger partial charge in [0.2, 0.25) is 11.8 Å². The van der Waals surface area contributed by atoms with Crippen LogP contribution in [0.2, 0.25) is 0 Å². The average Bonchev–Trinajstić information content (AvgIpc) is 2.87. The first-order chi connectivity index (χ1) is 11.5. The summed E-state index contributed by atoms with van der Waals surface area (Å²) in [7, 11) is 0. The molecule has 3 rings (SSSR count). The first-order valence-electron chi connectivity index (χ1n) is 8.58. The molecule has 0 saturated carbocycles. The fraction of sp³-hybridized carbons (Fsp3) is 0.556. The number of carbonyl (C=O) groups is 2. The van der Waals surface area contributed by atoms with Crippen molar-refractivity contribution in [2.75, 3.05) is 44.2 Å². The van der Waals surface area contributed by atoms with E-state index in [9.17, 15) is 14.7 Å². The highest BCUT2D eigenvalue weighted by Crippen LogP contribution is 2.18. The zero-order valence-electron chi connectivity index (χ0n) is 15.0. The number of rotatable bonds is 5. The summed E-state index contributed by atoms with van der Waals surface area (Å²) in [6.07, 6.45) is -0.122. The number of nitrogens with zero attached hydrogens (tertiary/aromatic N) is 3. The van der Waals surface area contributed by atoms with E-state index < -0.39 is 6.10 Å². The zero-order valence-corrected chi connectivity index (χ0v) is 16.6. The topological polar surface area (TPSA) is 64.1 Å². The van der Waals surface area contributed by atoms with Crippen LogP contribution in [0.25, 0.3) is 0 Å². The van der Waals surface area contributed by atoms with Gasteiger partial charge >= 0.3 is 0 Å². The Morgan fingerprint density at radius 1 is 1.00 bits per heavy atom. The molecule has 146 valence electrons. The Labute approximate surface area is 167 Å². The van der Waals surface area contributed by atoms with Crippen molar-refractivity contribution >= 4 is 42.3 Å². The van der Waals surface area contributed by atoms with E-state index in [4.69, 9.17) is 0 Å². The molecular formula is C18H27Cl2N3O3. The Kier molecular flexibility index (Phi) is 8.83. The van der Waals surface area contributed by atoms with E-state index in [1.165, 1.54) is 16.2 Å². The van der Waals surface area contributed by atoms with Crippen molar-refractivity contribution in [3.8, 4) is 0 Å². The molecule has 26 heavy (non-hydrogen) atoms. The highest BCUT2D eigenvalue weighted by Gasteiger charge is 2.31. The molecule has 6 nitrogen and oxygen atoms in total. The summed E-state index contributed by atoms with van der Waals surface area (Å²) in [5, 5.41) is 10.2. The van der Waals surface area contributed by atoms with Crippen LogP contribution in [0, 0.1) is 6.92 Å². The quantitative estimate of drug-likeness (QED) is 0.754. The molecule has 2 aliphatic heterocycles. The Morgan fingerprint density at radius 2 is 1.62 bits per heavy atom. The van der Waals surface area contributed by atoms with Crippen molar-refractivity contribution in [1.82, 2.24) is 9.80 Å². The maximum Gasteiger partial charge on any atom is 0.229 e. The normalized spacial score (nSPS) is 19.2. The van der Waals surface area contributed by atoms with Crippen molar-refractivity contribution in [2.24, 2.45) is 0 Å². The fourth-order valence-corrected chi connectivity index (χ4v) is 3.41. The van der Waals surface area contributed by atoms with Crippen LogP contribution in [0.1, 0.15) is 18.4 Å². The number of piperazine rings is 1. The summed E-state index contributed by atoms with van der Waals surface area (Å²) in [5.74, 6) is -0.327. The summed E-state index contributed by atoms with van der Waals surface area (Å²) >= 11 is 0. The second-order valence-electron chi connectivity index (χ2n) is 6.68. The van der Waals surface area contributed by atoms with E-state index >= 15 is 0 Å². The van der Waals surface area contributed by atoms with E-state index in [1.54, 1.807) is 0 Å². The van der Waals surface area contributed by atoms with Crippen LogP contribution in [0.3, 0.4) is 0 Å². The number of halogens is 2. The summed E-state index contributed by atoms with van der Waals surface area (Å²) < 4.78 is 0. The number of aryl methyl sites for hydroxylation is 1. The molecule has 0 aromatic heterocycles. The van der Waals surface area contributed by atoms with Gasteiger partial charge in [-0.1, -0.05) is 12.1 Å². The predicted octanol–water partition coefficient (Wildman–Crippen LogP) is 1.47. The predicted molar refractivity (Wildman–Crippen MR) is 106 cm³/mol. The molecule has 8 heteroatoms. The number of anilines is 1. The zero-order chi connectivity index (χ0) is 17.1. The lowest BCUT2D eigenvalue weighted by Crippen LogP contribution is -2.50. The fourth-order valence-electron chi connectivity index (χ4n) is 3.41. The molecule has 2 saturated heterocycles. The second-order valence-corrected chi connectivity index (χ2v) is 6.68. The highest BCUT2D eigenvalue weighted by molar-refractivity contribution is 6.01. The Morgan fingerprint density at radius 3 is 2.19 bits per heavy atom. The van der Waals surface area contributed by atoms with Gasteiger partial charge in [0.05, 0.1) is 12.6 Å². The second kappa shape index (κ2) is 10.1. The Balaban J connectivity index is 0.00000169. The van der Waals surface area contributed by atoms with Crippen LogP contribution >= 0.6 is 24.8 Å².